The van der Waals surface area contributed by atoms with E-state index in [0.29, 0.717) is 0 Å². The zero-order valence-electron chi connectivity index (χ0n) is 21.4. The third kappa shape index (κ3) is 2.33. The molecule has 7 aromatic carbocycles. The Bertz CT molecular complexity index is 2250. The van der Waals surface area contributed by atoms with Gasteiger partial charge >= 0.3 is 0 Å². The maximum absolute atomic E-state index is 2.46. The van der Waals surface area contributed by atoms with Gasteiger partial charge < -0.3 is 4.57 Å². The average molecular weight is 484 g/mol. The number of aromatic nitrogens is 1. The van der Waals surface area contributed by atoms with Gasteiger partial charge in [0.15, 0.2) is 0 Å². The van der Waals surface area contributed by atoms with Crippen molar-refractivity contribution in [3.8, 4) is 16.8 Å². The summed E-state index contributed by atoms with van der Waals surface area (Å²) in [4.78, 5) is 0. The lowest BCUT2D eigenvalue weighted by Crippen LogP contribution is -2.15. The van der Waals surface area contributed by atoms with Gasteiger partial charge in [-0.2, -0.15) is 0 Å². The number of nitrogens with zero attached hydrogens (tertiary/aromatic N) is 1. The van der Waals surface area contributed by atoms with E-state index in [-0.39, 0.29) is 5.41 Å². The summed E-state index contributed by atoms with van der Waals surface area (Å²) >= 11 is 0. The van der Waals surface area contributed by atoms with Crippen LogP contribution in [0.4, 0.5) is 0 Å². The van der Waals surface area contributed by atoms with Crippen LogP contribution in [0.3, 0.4) is 0 Å². The standard InChI is InChI=1S/C37H25N/c1-37(2)31-14-8-6-12-25(31)29-20-22-17-19-28-34-23(16-18-27(33(22)34)35(29)37)21-30-26-13-7-9-15-32(26)38(36(28)30)24-10-4-3-5-11-24/h3-21H,1-2H3. The van der Waals surface area contributed by atoms with Crippen LogP contribution in [0.5, 0.6) is 0 Å². The first-order valence-corrected chi connectivity index (χ1v) is 13.5. The van der Waals surface area contributed by atoms with Crippen LogP contribution in [0.2, 0.25) is 0 Å². The van der Waals surface area contributed by atoms with Crippen LogP contribution >= 0.6 is 0 Å². The highest BCUT2D eigenvalue weighted by molar-refractivity contribution is 6.32. The van der Waals surface area contributed by atoms with Crippen molar-refractivity contribution in [1.82, 2.24) is 4.57 Å². The molecule has 0 atom stereocenters. The second-order valence-electron chi connectivity index (χ2n) is 11.4. The smallest absolute Gasteiger partial charge is 0.0620 e. The molecular weight excluding hydrogens is 458 g/mol. The zero-order valence-corrected chi connectivity index (χ0v) is 21.4. The molecule has 0 saturated carbocycles. The summed E-state index contributed by atoms with van der Waals surface area (Å²) in [6, 6.07) is 42.9. The first-order valence-electron chi connectivity index (χ1n) is 13.5. The van der Waals surface area contributed by atoms with E-state index in [1.165, 1.54) is 82.1 Å². The van der Waals surface area contributed by atoms with Crippen LogP contribution in [0.25, 0.3) is 70.9 Å². The fourth-order valence-corrected chi connectivity index (χ4v) is 7.53. The molecule has 9 rings (SSSR count). The molecule has 0 saturated heterocycles. The average Bonchev–Trinajstić information content (AvgIpc) is 3.41. The van der Waals surface area contributed by atoms with Crippen LogP contribution in [0.15, 0.2) is 115 Å². The van der Waals surface area contributed by atoms with Gasteiger partial charge in [0.25, 0.3) is 0 Å². The fourth-order valence-electron chi connectivity index (χ4n) is 7.53. The molecule has 0 aliphatic heterocycles. The van der Waals surface area contributed by atoms with E-state index in [1.54, 1.807) is 0 Å². The van der Waals surface area contributed by atoms with E-state index in [4.69, 9.17) is 0 Å². The van der Waals surface area contributed by atoms with Gasteiger partial charge in [-0.1, -0.05) is 98.8 Å². The molecule has 1 aliphatic rings. The maximum Gasteiger partial charge on any atom is 0.0620 e. The third-order valence-electron chi connectivity index (χ3n) is 9.06. The SMILES string of the molecule is CC1(C)c2ccccc2-c2cc3ccc4c5c(ccc(c21)c35)cc1c2ccccc2n(-c2ccccc2)c14. The van der Waals surface area contributed by atoms with E-state index < -0.39 is 0 Å². The summed E-state index contributed by atoms with van der Waals surface area (Å²) in [5.74, 6) is 0. The summed E-state index contributed by atoms with van der Waals surface area (Å²) < 4.78 is 2.46. The number of para-hydroxylation sites is 2. The number of rotatable bonds is 1. The Balaban J connectivity index is 1.51. The Morgan fingerprint density at radius 3 is 2.08 bits per heavy atom. The molecule has 8 aromatic rings. The first kappa shape index (κ1) is 20.4. The minimum atomic E-state index is -0.0392. The van der Waals surface area contributed by atoms with Gasteiger partial charge in [-0.25, -0.2) is 0 Å². The second kappa shape index (κ2) is 6.82. The van der Waals surface area contributed by atoms with Crippen LogP contribution in [-0.4, -0.2) is 4.57 Å². The summed E-state index contributed by atoms with van der Waals surface area (Å²) in [7, 11) is 0. The highest BCUT2D eigenvalue weighted by Gasteiger charge is 2.37. The lowest BCUT2D eigenvalue weighted by Gasteiger charge is -2.24. The number of benzene rings is 7. The minimum Gasteiger partial charge on any atom is -0.309 e. The molecule has 1 aliphatic carbocycles. The van der Waals surface area contributed by atoms with Crippen molar-refractivity contribution >= 4 is 54.1 Å². The fraction of sp³-hybridized carbons (Fsp3) is 0.0811. The molecule has 38 heavy (non-hydrogen) atoms. The predicted molar refractivity (Wildman–Crippen MR) is 162 cm³/mol. The highest BCUT2D eigenvalue weighted by Crippen LogP contribution is 2.54. The molecule has 0 bridgehead atoms. The molecule has 0 amide bonds. The molecule has 0 N–H and O–H groups in total. The lowest BCUT2D eigenvalue weighted by molar-refractivity contribution is 0.666. The van der Waals surface area contributed by atoms with Gasteiger partial charge in [0, 0.05) is 27.3 Å². The van der Waals surface area contributed by atoms with E-state index in [0.717, 1.165) is 0 Å². The monoisotopic (exact) mass is 483 g/mol. The number of fused-ring (bicyclic) bond motifs is 8. The van der Waals surface area contributed by atoms with E-state index >= 15 is 0 Å². The molecule has 0 radical (unpaired) electrons. The molecule has 1 heteroatoms. The van der Waals surface area contributed by atoms with Crippen molar-refractivity contribution in [3.05, 3.63) is 126 Å². The molecule has 1 heterocycles. The van der Waals surface area contributed by atoms with Crippen LogP contribution in [0.1, 0.15) is 25.0 Å². The van der Waals surface area contributed by atoms with Crippen molar-refractivity contribution < 1.29 is 0 Å². The van der Waals surface area contributed by atoms with Crippen molar-refractivity contribution in [3.63, 3.8) is 0 Å². The lowest BCUT2D eigenvalue weighted by atomic mass is 9.78. The van der Waals surface area contributed by atoms with Crippen molar-refractivity contribution in [2.75, 3.05) is 0 Å². The van der Waals surface area contributed by atoms with Crippen LogP contribution in [-0.2, 0) is 5.41 Å². The number of hydrogen-bond donors (Lipinski definition) is 0. The Morgan fingerprint density at radius 2 is 1.21 bits per heavy atom. The maximum atomic E-state index is 2.46. The van der Waals surface area contributed by atoms with E-state index in [2.05, 4.69) is 134 Å². The molecule has 0 spiro atoms. The Labute approximate surface area is 220 Å². The van der Waals surface area contributed by atoms with E-state index in [1.807, 2.05) is 0 Å². The molecular formula is C37H25N. The normalized spacial score (nSPS) is 14.3. The summed E-state index contributed by atoms with van der Waals surface area (Å²) in [6.45, 7) is 4.78. The van der Waals surface area contributed by atoms with Gasteiger partial charge in [-0.05, 0) is 79.5 Å². The molecule has 1 aromatic heterocycles. The van der Waals surface area contributed by atoms with Gasteiger partial charge in [0.1, 0.15) is 0 Å². The van der Waals surface area contributed by atoms with E-state index in [9.17, 15) is 0 Å². The minimum absolute atomic E-state index is 0.0392. The summed E-state index contributed by atoms with van der Waals surface area (Å²) in [5, 5.41) is 10.7. The van der Waals surface area contributed by atoms with Crippen molar-refractivity contribution in [2.24, 2.45) is 0 Å². The largest absolute Gasteiger partial charge is 0.309 e. The van der Waals surface area contributed by atoms with Gasteiger partial charge in [0.05, 0.1) is 11.0 Å². The molecule has 0 unspecified atom stereocenters. The summed E-state index contributed by atoms with van der Waals surface area (Å²) in [6.07, 6.45) is 0. The Morgan fingerprint density at radius 1 is 0.526 bits per heavy atom. The molecule has 1 nitrogen and oxygen atoms in total. The second-order valence-corrected chi connectivity index (χ2v) is 11.4. The van der Waals surface area contributed by atoms with Gasteiger partial charge in [-0.3, -0.25) is 0 Å². The zero-order chi connectivity index (χ0) is 25.2. The van der Waals surface area contributed by atoms with Crippen molar-refractivity contribution in [1.29, 1.82) is 0 Å². The topological polar surface area (TPSA) is 4.93 Å². The van der Waals surface area contributed by atoms with Crippen molar-refractivity contribution in [2.45, 2.75) is 19.3 Å². The van der Waals surface area contributed by atoms with Gasteiger partial charge in [0.2, 0.25) is 0 Å². The quantitative estimate of drug-likeness (QED) is 0.205. The van der Waals surface area contributed by atoms with Crippen LogP contribution in [0, 0.1) is 0 Å². The Hall–Kier alpha value is -4.62. The Kier molecular flexibility index (Phi) is 3.67. The molecule has 178 valence electrons. The predicted octanol–water partition coefficient (Wildman–Crippen LogP) is 9.99. The van der Waals surface area contributed by atoms with Gasteiger partial charge in [-0.15, -0.1) is 0 Å². The molecule has 0 fully saturated rings. The number of hydrogen-bond acceptors (Lipinski definition) is 0. The third-order valence-corrected chi connectivity index (χ3v) is 9.06. The first-order chi connectivity index (χ1) is 18.6. The summed E-state index contributed by atoms with van der Waals surface area (Å²) in [5.41, 5.74) is 9.36. The highest BCUT2D eigenvalue weighted by atomic mass is 15.0. The van der Waals surface area contributed by atoms with Crippen LogP contribution < -0.4 is 0 Å².